The molecule has 23 heavy (non-hydrogen) atoms. The predicted molar refractivity (Wildman–Crippen MR) is 87.3 cm³/mol. The molecule has 1 fully saturated rings. The Morgan fingerprint density at radius 3 is 2.96 bits per heavy atom. The molecule has 1 aliphatic rings. The SMILES string of the molecule is N#Cc1ccccc1NC(=O)c1csc(CN2CCOCC2)n1. The van der Waals surface area contributed by atoms with E-state index in [0.717, 1.165) is 37.9 Å². The summed E-state index contributed by atoms with van der Waals surface area (Å²) >= 11 is 1.47. The number of anilines is 1. The Hall–Kier alpha value is -2.27. The Kier molecular flexibility index (Phi) is 4.98. The van der Waals surface area contributed by atoms with Crippen LogP contribution in [0.2, 0.25) is 0 Å². The summed E-state index contributed by atoms with van der Waals surface area (Å²) in [5.74, 6) is -0.294. The summed E-state index contributed by atoms with van der Waals surface area (Å²) in [4.78, 5) is 18.9. The molecule has 0 radical (unpaired) electrons. The molecular formula is C16H16N4O2S. The fourth-order valence-electron chi connectivity index (χ4n) is 2.31. The normalized spacial score (nSPS) is 15.1. The minimum atomic E-state index is -0.294. The van der Waals surface area contributed by atoms with Gasteiger partial charge < -0.3 is 10.1 Å². The van der Waals surface area contributed by atoms with Crippen molar-refractivity contribution in [2.24, 2.45) is 0 Å². The van der Waals surface area contributed by atoms with Crippen LogP contribution < -0.4 is 5.32 Å². The molecule has 3 rings (SSSR count). The third kappa shape index (κ3) is 3.93. The molecular weight excluding hydrogens is 312 g/mol. The minimum absolute atomic E-state index is 0.294. The quantitative estimate of drug-likeness (QED) is 0.930. The van der Waals surface area contributed by atoms with Crippen LogP contribution in [0.1, 0.15) is 21.1 Å². The minimum Gasteiger partial charge on any atom is -0.379 e. The Morgan fingerprint density at radius 1 is 1.39 bits per heavy atom. The number of nitriles is 1. The van der Waals surface area contributed by atoms with E-state index in [4.69, 9.17) is 10.00 Å². The molecule has 0 atom stereocenters. The van der Waals surface area contributed by atoms with Gasteiger partial charge in [-0.25, -0.2) is 4.98 Å². The van der Waals surface area contributed by atoms with Crippen molar-refractivity contribution < 1.29 is 9.53 Å². The molecule has 0 saturated carbocycles. The molecule has 0 unspecified atom stereocenters. The van der Waals surface area contributed by atoms with Crippen LogP contribution in [-0.2, 0) is 11.3 Å². The number of hydrogen-bond donors (Lipinski definition) is 1. The van der Waals surface area contributed by atoms with E-state index in [2.05, 4.69) is 21.3 Å². The lowest BCUT2D eigenvalue weighted by Gasteiger charge is -2.25. The van der Waals surface area contributed by atoms with E-state index >= 15 is 0 Å². The van der Waals surface area contributed by atoms with Crippen molar-refractivity contribution in [3.8, 4) is 6.07 Å². The third-order valence-corrected chi connectivity index (χ3v) is 4.38. The number of benzene rings is 1. The highest BCUT2D eigenvalue weighted by atomic mass is 32.1. The van der Waals surface area contributed by atoms with Crippen LogP contribution in [0.25, 0.3) is 0 Å². The van der Waals surface area contributed by atoms with Gasteiger partial charge in [0.2, 0.25) is 0 Å². The van der Waals surface area contributed by atoms with Crippen molar-refractivity contribution in [2.45, 2.75) is 6.54 Å². The number of para-hydroxylation sites is 1. The van der Waals surface area contributed by atoms with Crippen LogP contribution in [0.3, 0.4) is 0 Å². The molecule has 1 N–H and O–H groups in total. The number of thiazole rings is 1. The standard InChI is InChI=1S/C16H16N4O2S/c17-9-12-3-1-2-4-13(12)19-16(21)14-11-23-15(18-14)10-20-5-7-22-8-6-20/h1-4,11H,5-8,10H2,(H,19,21). The van der Waals surface area contributed by atoms with Crippen molar-refractivity contribution in [1.82, 2.24) is 9.88 Å². The Bertz CT molecular complexity index is 732. The van der Waals surface area contributed by atoms with Gasteiger partial charge in [0.05, 0.1) is 31.0 Å². The summed E-state index contributed by atoms with van der Waals surface area (Å²) in [5.41, 5.74) is 1.32. The Balaban J connectivity index is 1.65. The average Bonchev–Trinajstić information content (AvgIpc) is 3.05. The number of nitrogens with one attached hydrogen (secondary N) is 1. The van der Waals surface area contributed by atoms with Gasteiger partial charge in [-0.3, -0.25) is 9.69 Å². The predicted octanol–water partition coefficient (Wildman–Crippen LogP) is 2.10. The molecule has 1 aromatic heterocycles. The highest BCUT2D eigenvalue weighted by molar-refractivity contribution is 7.09. The van der Waals surface area contributed by atoms with Crippen LogP contribution in [0.15, 0.2) is 29.6 Å². The molecule has 6 nitrogen and oxygen atoms in total. The Morgan fingerprint density at radius 2 is 2.17 bits per heavy atom. The topological polar surface area (TPSA) is 78.2 Å². The van der Waals surface area contributed by atoms with Crippen LogP contribution in [0, 0.1) is 11.3 Å². The first kappa shape index (κ1) is 15.6. The second kappa shape index (κ2) is 7.33. The van der Waals surface area contributed by atoms with Gasteiger partial charge in [-0.2, -0.15) is 5.26 Å². The van der Waals surface area contributed by atoms with E-state index in [-0.39, 0.29) is 5.91 Å². The zero-order valence-corrected chi connectivity index (χ0v) is 13.3. The van der Waals surface area contributed by atoms with Crippen LogP contribution in [0.4, 0.5) is 5.69 Å². The molecule has 1 saturated heterocycles. The van der Waals surface area contributed by atoms with E-state index in [0.29, 0.717) is 16.9 Å². The number of nitrogens with zero attached hydrogens (tertiary/aromatic N) is 3. The maximum atomic E-state index is 12.3. The summed E-state index contributed by atoms with van der Waals surface area (Å²) in [6.07, 6.45) is 0. The van der Waals surface area contributed by atoms with Gasteiger partial charge in [0.1, 0.15) is 16.8 Å². The molecule has 2 aromatic rings. The van der Waals surface area contributed by atoms with E-state index < -0.39 is 0 Å². The van der Waals surface area contributed by atoms with Gasteiger partial charge in [0, 0.05) is 18.5 Å². The maximum Gasteiger partial charge on any atom is 0.275 e. The van der Waals surface area contributed by atoms with Gasteiger partial charge in [-0.1, -0.05) is 12.1 Å². The molecule has 1 aromatic carbocycles. The van der Waals surface area contributed by atoms with E-state index in [1.54, 1.807) is 29.6 Å². The summed E-state index contributed by atoms with van der Waals surface area (Å²) in [6.45, 7) is 3.98. The number of aromatic nitrogens is 1. The van der Waals surface area contributed by atoms with Gasteiger partial charge in [0.25, 0.3) is 5.91 Å². The van der Waals surface area contributed by atoms with Crippen LogP contribution in [-0.4, -0.2) is 42.1 Å². The third-order valence-electron chi connectivity index (χ3n) is 3.54. The lowest BCUT2D eigenvalue weighted by molar-refractivity contribution is 0.0341. The lowest BCUT2D eigenvalue weighted by Crippen LogP contribution is -2.35. The number of ether oxygens (including phenoxy) is 1. The summed E-state index contributed by atoms with van der Waals surface area (Å²) in [7, 11) is 0. The van der Waals surface area contributed by atoms with Crippen molar-refractivity contribution in [2.75, 3.05) is 31.6 Å². The van der Waals surface area contributed by atoms with Gasteiger partial charge in [-0.15, -0.1) is 11.3 Å². The van der Waals surface area contributed by atoms with E-state index in [9.17, 15) is 4.79 Å². The van der Waals surface area contributed by atoms with Gasteiger partial charge >= 0.3 is 0 Å². The van der Waals surface area contributed by atoms with E-state index in [1.165, 1.54) is 11.3 Å². The molecule has 1 aliphatic heterocycles. The first-order valence-corrected chi connectivity index (χ1v) is 8.19. The van der Waals surface area contributed by atoms with Crippen molar-refractivity contribution in [1.29, 1.82) is 5.26 Å². The summed E-state index contributed by atoms with van der Waals surface area (Å²) in [5, 5.41) is 14.5. The molecule has 118 valence electrons. The average molecular weight is 328 g/mol. The summed E-state index contributed by atoms with van der Waals surface area (Å²) < 4.78 is 5.32. The van der Waals surface area contributed by atoms with Crippen molar-refractivity contribution in [3.05, 3.63) is 45.9 Å². The van der Waals surface area contributed by atoms with E-state index in [1.807, 2.05) is 0 Å². The van der Waals surface area contributed by atoms with Crippen molar-refractivity contribution in [3.63, 3.8) is 0 Å². The lowest BCUT2D eigenvalue weighted by atomic mass is 10.2. The highest BCUT2D eigenvalue weighted by Gasteiger charge is 2.16. The van der Waals surface area contributed by atoms with Crippen LogP contribution in [0.5, 0.6) is 0 Å². The number of rotatable bonds is 4. The molecule has 0 bridgehead atoms. The van der Waals surface area contributed by atoms with Crippen LogP contribution >= 0.6 is 11.3 Å². The number of carbonyl (C=O) groups excluding carboxylic acids is 1. The number of morpholine rings is 1. The molecule has 0 aliphatic carbocycles. The smallest absolute Gasteiger partial charge is 0.275 e. The van der Waals surface area contributed by atoms with Gasteiger partial charge in [-0.05, 0) is 12.1 Å². The number of amides is 1. The monoisotopic (exact) mass is 328 g/mol. The van der Waals surface area contributed by atoms with Gasteiger partial charge in [0.15, 0.2) is 0 Å². The fraction of sp³-hybridized carbons (Fsp3) is 0.312. The number of carbonyl (C=O) groups is 1. The largest absolute Gasteiger partial charge is 0.379 e. The Labute approximate surface area is 138 Å². The first-order valence-electron chi connectivity index (χ1n) is 7.31. The molecule has 1 amide bonds. The fourth-order valence-corrected chi connectivity index (χ4v) is 3.13. The number of hydrogen-bond acceptors (Lipinski definition) is 6. The van der Waals surface area contributed by atoms with Crippen molar-refractivity contribution >= 4 is 22.9 Å². The molecule has 7 heteroatoms. The zero-order chi connectivity index (χ0) is 16.1. The zero-order valence-electron chi connectivity index (χ0n) is 12.5. The molecule has 2 heterocycles. The first-order chi connectivity index (χ1) is 11.3. The maximum absolute atomic E-state index is 12.3. The molecule has 0 spiro atoms. The summed E-state index contributed by atoms with van der Waals surface area (Å²) in [6, 6.07) is 8.97. The second-order valence-corrected chi connectivity index (χ2v) is 6.07. The highest BCUT2D eigenvalue weighted by Crippen LogP contribution is 2.17. The second-order valence-electron chi connectivity index (χ2n) is 5.13.